The van der Waals surface area contributed by atoms with Crippen molar-refractivity contribution in [3.8, 4) is 0 Å². The van der Waals surface area contributed by atoms with Crippen molar-refractivity contribution in [2.75, 3.05) is 19.0 Å². The second-order valence-electron chi connectivity index (χ2n) is 3.66. The van der Waals surface area contributed by atoms with Gasteiger partial charge in [-0.15, -0.1) is 6.42 Å². The number of nitrogens with zero attached hydrogens (tertiary/aromatic N) is 1. The van der Waals surface area contributed by atoms with Crippen molar-refractivity contribution in [2.45, 2.75) is 11.8 Å². The molecule has 0 fully saturated rings. The van der Waals surface area contributed by atoms with Crippen LogP contribution in [0.4, 0.5) is 5.69 Å². The van der Waals surface area contributed by atoms with Crippen LogP contribution in [0.15, 0.2) is 42.5 Å². The van der Waals surface area contributed by atoms with E-state index in [9.17, 15) is 0 Å². The van der Waals surface area contributed by atoms with Gasteiger partial charge >= 0.3 is 0 Å². The average Bonchev–Trinajstić information content (AvgIpc) is 2.87. The van der Waals surface area contributed by atoms with E-state index in [1.54, 1.807) is 0 Å². The SMILES string of the molecule is CN(C)c1ccccc1CBr.[C-]1=CC=CC1.[CH3-].[CH3-].[CH3-].[CH3-].[CH3-].[Ti]. The molecule has 0 heterocycles. The number of allylic oxidation sites excluding steroid dienone is 4. The van der Waals surface area contributed by atoms with Gasteiger partial charge in [-0.1, -0.05) is 34.1 Å². The molecule has 3 heteroatoms. The third-order valence-electron chi connectivity index (χ3n) is 2.20. The molecule has 0 spiro atoms. The number of hydrogen-bond acceptors (Lipinski definition) is 1. The van der Waals surface area contributed by atoms with E-state index in [-0.39, 0.29) is 58.9 Å². The number of rotatable bonds is 2. The van der Waals surface area contributed by atoms with Crippen LogP contribution < -0.4 is 4.90 Å². The van der Waals surface area contributed by atoms with Crippen LogP contribution in [-0.2, 0) is 27.0 Å². The Labute approximate surface area is 164 Å². The topological polar surface area (TPSA) is 3.24 Å². The molecule has 2 rings (SSSR count). The summed E-state index contributed by atoms with van der Waals surface area (Å²) in [5.41, 5.74) is 2.61. The molecule has 0 saturated heterocycles. The average molecular weight is 402 g/mol. The third-order valence-corrected chi connectivity index (χ3v) is 2.81. The van der Waals surface area contributed by atoms with Crippen LogP contribution in [0.2, 0.25) is 0 Å². The fourth-order valence-electron chi connectivity index (χ4n) is 1.40. The molecule has 0 bridgehead atoms. The smallest absolute Gasteiger partial charge is 0.0402 e. The Hall–Kier alpha value is -0.306. The minimum absolute atomic E-state index is 0. The second kappa shape index (κ2) is 23.0. The number of para-hydroxylation sites is 1. The van der Waals surface area contributed by atoms with Crippen molar-refractivity contribution in [3.05, 3.63) is 91.3 Å². The predicted molar refractivity (Wildman–Crippen MR) is 107 cm³/mol. The molecule has 1 aliphatic carbocycles. The van der Waals surface area contributed by atoms with Crippen molar-refractivity contribution in [3.63, 3.8) is 0 Å². The predicted octanol–water partition coefficient (Wildman–Crippen LogP) is 6.20. The minimum Gasteiger partial charge on any atom is -0.377 e. The number of anilines is 1. The van der Waals surface area contributed by atoms with Crippen LogP contribution in [-0.4, -0.2) is 14.1 Å². The minimum atomic E-state index is 0. The number of halogens is 1. The molecule has 130 valence electrons. The maximum absolute atomic E-state index is 3.45. The monoisotopic (exact) mass is 401 g/mol. The van der Waals surface area contributed by atoms with Crippen LogP contribution >= 0.6 is 15.9 Å². The summed E-state index contributed by atoms with van der Waals surface area (Å²) in [6, 6.07) is 8.37. The Morgan fingerprint density at radius 2 is 1.59 bits per heavy atom. The van der Waals surface area contributed by atoms with Gasteiger partial charge in [-0.3, -0.25) is 6.08 Å². The van der Waals surface area contributed by atoms with E-state index in [4.69, 9.17) is 0 Å². The summed E-state index contributed by atoms with van der Waals surface area (Å²) >= 11 is 3.45. The molecule has 0 aliphatic heterocycles. The molecule has 0 N–H and O–H groups in total. The molecule has 0 saturated carbocycles. The molecular formula is C19H32BrNTi-6. The molecule has 0 unspecified atom stereocenters. The van der Waals surface area contributed by atoms with E-state index in [0.29, 0.717) is 0 Å². The summed E-state index contributed by atoms with van der Waals surface area (Å²) in [5.74, 6) is 0. The Bertz CT molecular complexity index is 363. The molecule has 0 atom stereocenters. The molecule has 1 nitrogen and oxygen atoms in total. The molecule has 1 aliphatic rings. The normalized spacial score (nSPS) is 8.86. The number of alkyl halides is 1. The van der Waals surface area contributed by atoms with Crippen LogP contribution in [0.1, 0.15) is 12.0 Å². The largest absolute Gasteiger partial charge is 0.377 e. The molecule has 0 amide bonds. The zero-order chi connectivity index (χ0) is 11.8. The summed E-state index contributed by atoms with van der Waals surface area (Å²) in [6.45, 7) is 0. The van der Waals surface area contributed by atoms with Gasteiger partial charge in [0.15, 0.2) is 0 Å². The van der Waals surface area contributed by atoms with E-state index < -0.39 is 0 Å². The van der Waals surface area contributed by atoms with Crippen LogP contribution in [0.5, 0.6) is 0 Å². The van der Waals surface area contributed by atoms with Gasteiger partial charge in [-0.2, -0.15) is 6.08 Å². The zero-order valence-corrected chi connectivity index (χ0v) is 18.4. The van der Waals surface area contributed by atoms with Gasteiger partial charge in [-0.25, -0.2) is 12.2 Å². The van der Waals surface area contributed by atoms with Gasteiger partial charge in [0.05, 0.1) is 0 Å². The van der Waals surface area contributed by atoms with Crippen molar-refractivity contribution in [1.82, 2.24) is 0 Å². The maximum Gasteiger partial charge on any atom is 0.0402 e. The third kappa shape index (κ3) is 14.6. The fraction of sp³-hybridized carbons (Fsp3) is 0.211. The summed E-state index contributed by atoms with van der Waals surface area (Å²) in [4.78, 5) is 2.12. The van der Waals surface area contributed by atoms with E-state index in [2.05, 4.69) is 71.3 Å². The maximum atomic E-state index is 3.45. The van der Waals surface area contributed by atoms with Crippen molar-refractivity contribution < 1.29 is 21.7 Å². The molecule has 1 aromatic rings. The van der Waals surface area contributed by atoms with E-state index in [1.807, 2.05) is 12.2 Å². The first-order chi connectivity index (χ1) is 7.75. The van der Waals surface area contributed by atoms with Crippen molar-refractivity contribution in [1.29, 1.82) is 0 Å². The van der Waals surface area contributed by atoms with Crippen LogP contribution in [0.25, 0.3) is 0 Å². The Balaban J connectivity index is -0.0000000518. The number of hydrogen-bond donors (Lipinski definition) is 0. The molecular weight excluding hydrogens is 370 g/mol. The molecule has 1 aromatic carbocycles. The van der Waals surface area contributed by atoms with E-state index in [0.717, 1.165) is 11.8 Å². The molecule has 0 aromatic heterocycles. The number of benzene rings is 1. The summed E-state index contributed by atoms with van der Waals surface area (Å²) < 4.78 is 0. The van der Waals surface area contributed by atoms with E-state index >= 15 is 0 Å². The van der Waals surface area contributed by atoms with Crippen LogP contribution in [0, 0.1) is 43.2 Å². The Kier molecular flexibility index (Phi) is 39.4. The van der Waals surface area contributed by atoms with Crippen LogP contribution in [0.3, 0.4) is 0 Å². The quantitative estimate of drug-likeness (QED) is 0.323. The van der Waals surface area contributed by atoms with E-state index in [1.165, 1.54) is 11.3 Å². The first kappa shape index (κ1) is 37.7. The summed E-state index contributed by atoms with van der Waals surface area (Å²) in [5, 5.41) is 0.918. The van der Waals surface area contributed by atoms with Gasteiger partial charge in [0.1, 0.15) is 0 Å². The van der Waals surface area contributed by atoms with Crippen molar-refractivity contribution in [2.24, 2.45) is 0 Å². The fourth-order valence-corrected chi connectivity index (χ4v) is 1.87. The molecule has 22 heavy (non-hydrogen) atoms. The van der Waals surface area contributed by atoms with Gasteiger partial charge in [-0.05, 0) is 11.6 Å². The van der Waals surface area contributed by atoms with Gasteiger partial charge in [0, 0.05) is 46.8 Å². The van der Waals surface area contributed by atoms with Gasteiger partial charge in [0.25, 0.3) is 0 Å². The summed E-state index contributed by atoms with van der Waals surface area (Å²) in [6.07, 6.45) is 10.0. The van der Waals surface area contributed by atoms with Crippen molar-refractivity contribution >= 4 is 21.6 Å². The zero-order valence-electron chi connectivity index (χ0n) is 15.3. The van der Waals surface area contributed by atoms with Gasteiger partial charge in [0.2, 0.25) is 0 Å². The second-order valence-corrected chi connectivity index (χ2v) is 4.22. The Morgan fingerprint density at radius 3 is 1.86 bits per heavy atom. The Morgan fingerprint density at radius 1 is 1.05 bits per heavy atom. The standard InChI is InChI=1S/C9H12BrN.C5H5.5CH3.Ti/c1-11(2)9-6-4-3-5-8(9)7-10;1-2-4-5-3-1;;;;;;/h3-6H,7H2,1-2H3;1-3H,4H2;5*1H3;/q;6*-1;. The molecule has 0 radical (unpaired) electrons. The first-order valence-corrected chi connectivity index (χ1v) is 6.40. The first-order valence-electron chi connectivity index (χ1n) is 5.28. The summed E-state index contributed by atoms with van der Waals surface area (Å²) in [7, 11) is 4.11. The van der Waals surface area contributed by atoms with Gasteiger partial charge < -0.3 is 42.0 Å².